The Labute approximate surface area is 76.7 Å². The molecule has 0 aromatic heterocycles. The maximum Gasteiger partial charge on any atom is 0.00671 e. The van der Waals surface area contributed by atoms with Crippen molar-refractivity contribution in [3.63, 3.8) is 0 Å². The van der Waals surface area contributed by atoms with Crippen LogP contribution in [0.4, 0.5) is 0 Å². The van der Waals surface area contributed by atoms with Crippen LogP contribution in [-0.2, 0) is 0 Å². The van der Waals surface area contributed by atoms with Crippen LogP contribution in [0.2, 0.25) is 0 Å². The normalized spacial score (nSPS) is 21.0. The van der Waals surface area contributed by atoms with Crippen LogP contribution in [0.15, 0.2) is 0 Å². The minimum Gasteiger partial charge on any atom is -0.327 e. The van der Waals surface area contributed by atoms with Gasteiger partial charge in [-0.2, -0.15) is 0 Å². The van der Waals surface area contributed by atoms with Gasteiger partial charge in [0.2, 0.25) is 0 Å². The van der Waals surface area contributed by atoms with Crippen molar-refractivity contribution in [3.8, 4) is 0 Å². The van der Waals surface area contributed by atoms with Crippen LogP contribution < -0.4 is 5.73 Å². The molecule has 0 aromatic carbocycles. The fourth-order valence-corrected chi connectivity index (χ4v) is 1.63. The van der Waals surface area contributed by atoms with E-state index in [1.165, 1.54) is 32.1 Å². The lowest BCUT2D eigenvalue weighted by molar-refractivity contribution is 0.348. The van der Waals surface area contributed by atoms with Gasteiger partial charge in [-0.15, -0.1) is 0 Å². The van der Waals surface area contributed by atoms with Gasteiger partial charge in [0.25, 0.3) is 0 Å². The molecular weight excluding hydrogens is 146 g/mol. The SMILES string of the molecule is CC(C)(C)CCCC(N)C1CC1. The number of hydrogen-bond acceptors (Lipinski definition) is 1. The van der Waals surface area contributed by atoms with Gasteiger partial charge in [0.15, 0.2) is 0 Å². The fourth-order valence-electron chi connectivity index (χ4n) is 1.63. The summed E-state index contributed by atoms with van der Waals surface area (Å²) in [5, 5.41) is 0. The van der Waals surface area contributed by atoms with Gasteiger partial charge in [-0.05, 0) is 37.0 Å². The van der Waals surface area contributed by atoms with Crippen molar-refractivity contribution in [2.45, 2.75) is 58.9 Å². The van der Waals surface area contributed by atoms with E-state index < -0.39 is 0 Å². The molecule has 0 heterocycles. The van der Waals surface area contributed by atoms with Crippen molar-refractivity contribution >= 4 is 0 Å². The van der Waals surface area contributed by atoms with E-state index >= 15 is 0 Å². The van der Waals surface area contributed by atoms with Crippen molar-refractivity contribution in [1.82, 2.24) is 0 Å². The third kappa shape index (κ3) is 4.10. The summed E-state index contributed by atoms with van der Waals surface area (Å²) in [7, 11) is 0. The summed E-state index contributed by atoms with van der Waals surface area (Å²) in [4.78, 5) is 0. The Balaban J connectivity index is 2.01. The summed E-state index contributed by atoms with van der Waals surface area (Å²) >= 11 is 0. The summed E-state index contributed by atoms with van der Waals surface area (Å²) in [6, 6.07) is 0.507. The Kier molecular flexibility index (Phi) is 3.16. The van der Waals surface area contributed by atoms with E-state index in [1.807, 2.05) is 0 Å². The van der Waals surface area contributed by atoms with Crippen LogP contribution in [0.25, 0.3) is 0 Å². The van der Waals surface area contributed by atoms with Crippen LogP contribution in [0.5, 0.6) is 0 Å². The van der Waals surface area contributed by atoms with Crippen LogP contribution in [-0.4, -0.2) is 6.04 Å². The average Bonchev–Trinajstić information content (AvgIpc) is 2.64. The van der Waals surface area contributed by atoms with Crippen molar-refractivity contribution < 1.29 is 0 Å². The lowest BCUT2D eigenvalue weighted by Crippen LogP contribution is -2.22. The summed E-state index contributed by atoms with van der Waals surface area (Å²) in [5.74, 6) is 0.880. The molecule has 1 saturated carbocycles. The molecule has 2 N–H and O–H groups in total. The monoisotopic (exact) mass is 169 g/mol. The predicted octanol–water partition coefficient (Wildman–Crippen LogP) is 2.94. The molecule has 0 aromatic rings. The Bertz CT molecular complexity index is 130. The minimum absolute atomic E-state index is 0.489. The second kappa shape index (κ2) is 3.78. The van der Waals surface area contributed by atoms with E-state index in [4.69, 9.17) is 5.73 Å². The first-order valence-corrected chi connectivity index (χ1v) is 5.24. The summed E-state index contributed by atoms with van der Waals surface area (Å²) in [5.41, 5.74) is 6.50. The highest BCUT2D eigenvalue weighted by molar-refractivity contribution is 4.83. The first kappa shape index (κ1) is 10.0. The molecule has 1 nitrogen and oxygen atoms in total. The molecule has 0 aliphatic heterocycles. The van der Waals surface area contributed by atoms with Gasteiger partial charge < -0.3 is 5.73 Å². The molecule has 0 spiro atoms. The molecule has 0 amide bonds. The molecule has 1 unspecified atom stereocenters. The van der Waals surface area contributed by atoms with Crippen molar-refractivity contribution in [2.24, 2.45) is 17.1 Å². The highest BCUT2D eigenvalue weighted by atomic mass is 14.7. The van der Waals surface area contributed by atoms with Crippen LogP contribution in [0, 0.1) is 11.3 Å². The molecule has 1 aliphatic rings. The maximum absolute atomic E-state index is 6.01. The number of nitrogens with two attached hydrogens (primary N) is 1. The van der Waals surface area contributed by atoms with Gasteiger partial charge in [-0.1, -0.05) is 27.2 Å². The Morgan fingerprint density at radius 3 is 2.33 bits per heavy atom. The van der Waals surface area contributed by atoms with E-state index in [0.29, 0.717) is 11.5 Å². The number of rotatable bonds is 4. The average molecular weight is 169 g/mol. The highest BCUT2D eigenvalue weighted by Gasteiger charge is 2.28. The van der Waals surface area contributed by atoms with E-state index in [9.17, 15) is 0 Å². The lowest BCUT2D eigenvalue weighted by atomic mass is 9.88. The largest absolute Gasteiger partial charge is 0.327 e. The molecule has 0 radical (unpaired) electrons. The smallest absolute Gasteiger partial charge is 0.00671 e. The molecule has 1 atom stereocenters. The molecule has 0 saturated heterocycles. The standard InChI is InChI=1S/C11H23N/c1-11(2,3)8-4-5-10(12)9-6-7-9/h9-10H,4-8,12H2,1-3H3. The van der Waals surface area contributed by atoms with Crippen LogP contribution in [0.3, 0.4) is 0 Å². The van der Waals surface area contributed by atoms with Gasteiger partial charge >= 0.3 is 0 Å². The van der Waals surface area contributed by atoms with Gasteiger partial charge in [-0.3, -0.25) is 0 Å². The predicted molar refractivity (Wildman–Crippen MR) is 54.0 cm³/mol. The molecule has 1 fully saturated rings. The molecule has 12 heavy (non-hydrogen) atoms. The molecule has 1 heteroatoms. The zero-order valence-electron chi connectivity index (χ0n) is 8.77. The summed E-state index contributed by atoms with van der Waals surface area (Å²) in [6.45, 7) is 6.90. The van der Waals surface area contributed by atoms with Crippen LogP contribution in [0.1, 0.15) is 52.9 Å². The van der Waals surface area contributed by atoms with Gasteiger partial charge in [-0.25, -0.2) is 0 Å². The molecule has 1 rings (SSSR count). The Morgan fingerprint density at radius 2 is 1.92 bits per heavy atom. The lowest BCUT2D eigenvalue weighted by Gasteiger charge is -2.19. The van der Waals surface area contributed by atoms with Crippen molar-refractivity contribution in [2.75, 3.05) is 0 Å². The minimum atomic E-state index is 0.489. The Morgan fingerprint density at radius 1 is 1.33 bits per heavy atom. The topological polar surface area (TPSA) is 26.0 Å². The van der Waals surface area contributed by atoms with Crippen molar-refractivity contribution in [3.05, 3.63) is 0 Å². The first-order chi connectivity index (χ1) is 5.49. The molecule has 1 aliphatic carbocycles. The van der Waals surface area contributed by atoms with E-state index in [0.717, 1.165) is 5.92 Å². The van der Waals surface area contributed by atoms with Crippen LogP contribution >= 0.6 is 0 Å². The summed E-state index contributed by atoms with van der Waals surface area (Å²) in [6.07, 6.45) is 6.63. The summed E-state index contributed by atoms with van der Waals surface area (Å²) < 4.78 is 0. The van der Waals surface area contributed by atoms with Crippen molar-refractivity contribution in [1.29, 1.82) is 0 Å². The first-order valence-electron chi connectivity index (χ1n) is 5.24. The van der Waals surface area contributed by atoms with E-state index in [1.54, 1.807) is 0 Å². The maximum atomic E-state index is 6.01. The zero-order valence-corrected chi connectivity index (χ0v) is 8.77. The fraction of sp³-hybridized carbons (Fsp3) is 1.00. The second-order valence-corrected chi connectivity index (χ2v) is 5.45. The highest BCUT2D eigenvalue weighted by Crippen LogP contribution is 2.34. The number of hydrogen-bond donors (Lipinski definition) is 1. The molecule has 72 valence electrons. The van der Waals surface area contributed by atoms with E-state index in [2.05, 4.69) is 20.8 Å². The third-order valence-corrected chi connectivity index (χ3v) is 2.69. The quantitative estimate of drug-likeness (QED) is 0.688. The second-order valence-electron chi connectivity index (χ2n) is 5.45. The molecular formula is C11H23N. The Hall–Kier alpha value is -0.0400. The third-order valence-electron chi connectivity index (χ3n) is 2.69. The zero-order chi connectivity index (χ0) is 9.19. The molecule has 0 bridgehead atoms. The van der Waals surface area contributed by atoms with Gasteiger partial charge in [0.05, 0.1) is 0 Å². The van der Waals surface area contributed by atoms with E-state index in [-0.39, 0.29) is 0 Å². The van der Waals surface area contributed by atoms with Gasteiger partial charge in [0, 0.05) is 6.04 Å². The van der Waals surface area contributed by atoms with Gasteiger partial charge in [0.1, 0.15) is 0 Å².